The van der Waals surface area contributed by atoms with Gasteiger partial charge in [0.15, 0.2) is 0 Å². The topological polar surface area (TPSA) is 0 Å². The molecule has 0 amide bonds. The van der Waals surface area contributed by atoms with Crippen molar-refractivity contribution in [3.8, 4) is 0 Å². The van der Waals surface area contributed by atoms with E-state index in [1.165, 1.54) is 0 Å². The number of hydrogen-bond donors (Lipinski definition) is 0. The third-order valence-electron chi connectivity index (χ3n) is 3.10. The molecule has 0 fully saturated rings. The SMILES string of the molecule is CC(C)(C)PP(P(PC(C)(C)C)C(C)(C)C)C(C)(C)C.C[C](C)(C)[Sn][C](C)(C)C. The first-order chi connectivity index (χ1) is 12.1. The molecule has 0 spiro atoms. The van der Waals surface area contributed by atoms with Crippen molar-refractivity contribution in [1.29, 1.82) is 0 Å². The zero-order valence-corrected chi connectivity index (χ0v) is 30.0. The molecule has 5 heteroatoms. The molecule has 176 valence electrons. The van der Waals surface area contributed by atoms with E-state index < -0.39 is 0 Å². The van der Waals surface area contributed by atoms with Crippen LogP contribution in [-0.4, -0.2) is 41.8 Å². The van der Waals surface area contributed by atoms with E-state index in [1.807, 2.05) is 0 Å². The van der Waals surface area contributed by atoms with E-state index in [1.54, 1.807) is 0 Å². The zero-order valence-electron chi connectivity index (χ0n) is 23.4. The van der Waals surface area contributed by atoms with E-state index in [0.29, 0.717) is 27.5 Å². The fraction of sp³-hybridized carbons (Fsp3) is 1.00. The van der Waals surface area contributed by atoms with Gasteiger partial charge in [0.05, 0.1) is 0 Å². The van der Waals surface area contributed by atoms with Gasteiger partial charge < -0.3 is 0 Å². The summed E-state index contributed by atoms with van der Waals surface area (Å²) in [5, 5.41) is 1.93. The molecule has 0 bridgehead atoms. The summed E-state index contributed by atoms with van der Waals surface area (Å²) in [6, 6.07) is 0. The van der Waals surface area contributed by atoms with Gasteiger partial charge in [0.2, 0.25) is 0 Å². The monoisotopic (exact) mass is 588 g/mol. The van der Waals surface area contributed by atoms with Gasteiger partial charge in [-0.1, -0.05) is 99.6 Å². The maximum atomic E-state index is 2.49. The van der Waals surface area contributed by atoms with Crippen LogP contribution in [0.15, 0.2) is 0 Å². The Labute approximate surface area is 203 Å². The van der Waals surface area contributed by atoms with E-state index in [4.69, 9.17) is 0 Å². The predicted molar refractivity (Wildman–Crippen MR) is 155 cm³/mol. The Bertz CT molecular complexity index is 416. The summed E-state index contributed by atoms with van der Waals surface area (Å²) in [6.07, 6.45) is 0. The molecule has 0 aromatic carbocycles. The molecule has 0 saturated carbocycles. The Kier molecular flexibility index (Phi) is 13.7. The molecule has 29 heavy (non-hydrogen) atoms. The van der Waals surface area contributed by atoms with Crippen LogP contribution in [0.25, 0.3) is 0 Å². The molecule has 0 N–H and O–H groups in total. The van der Waals surface area contributed by atoms with Gasteiger partial charge in [-0.25, -0.2) is 0 Å². The number of hydrogen-bond acceptors (Lipinski definition) is 0. The van der Waals surface area contributed by atoms with Crippen molar-refractivity contribution >= 4 is 52.3 Å². The van der Waals surface area contributed by atoms with Crippen molar-refractivity contribution in [3.05, 3.63) is 0 Å². The Hall–Kier alpha value is 2.52. The molecule has 4 unspecified atom stereocenters. The normalized spacial score (nSPS) is 17.6. The van der Waals surface area contributed by atoms with Crippen LogP contribution >= 0.6 is 31.1 Å². The molecule has 0 heterocycles. The van der Waals surface area contributed by atoms with Crippen LogP contribution in [0.1, 0.15) is 125 Å². The average Bonchev–Trinajstić information content (AvgIpc) is 2.24. The first-order valence-electron chi connectivity index (χ1n) is 11.1. The van der Waals surface area contributed by atoms with Crippen LogP contribution in [0.3, 0.4) is 0 Å². The minimum atomic E-state index is -0.182. The molecule has 0 rings (SSSR count). The molecule has 0 nitrogen and oxygen atoms in total. The van der Waals surface area contributed by atoms with Crippen molar-refractivity contribution in [2.45, 2.75) is 152 Å². The van der Waals surface area contributed by atoms with Gasteiger partial charge in [-0.3, -0.25) is 0 Å². The number of rotatable bonds is 3. The predicted octanol–water partition coefficient (Wildman–Crippen LogP) is 11.4. The standard InChI is InChI=1S/C16H38P4.2C4H9.Sn/c1-13(2,3)17-19(15(7,8)9)20(16(10,11)12)18-14(4,5)6;2*1-4(2)3;/h17-18H,1-12H3;2*1-3H3;. The van der Waals surface area contributed by atoms with Crippen molar-refractivity contribution in [2.24, 2.45) is 0 Å². The molecule has 0 aliphatic heterocycles. The van der Waals surface area contributed by atoms with Crippen molar-refractivity contribution in [3.63, 3.8) is 0 Å². The summed E-state index contributed by atoms with van der Waals surface area (Å²) in [6.45, 7) is 43.7. The fourth-order valence-electron chi connectivity index (χ4n) is 2.80. The summed E-state index contributed by atoms with van der Waals surface area (Å²) >= 11 is -0.182. The van der Waals surface area contributed by atoms with Crippen LogP contribution in [-0.2, 0) is 0 Å². The van der Waals surface area contributed by atoms with Gasteiger partial charge in [-0.2, -0.15) is 0 Å². The van der Waals surface area contributed by atoms with Gasteiger partial charge in [-0.15, -0.1) is 0 Å². The molecule has 0 aliphatic rings. The second-order valence-electron chi connectivity index (χ2n) is 14.3. The van der Waals surface area contributed by atoms with Crippen molar-refractivity contribution in [2.75, 3.05) is 0 Å². The van der Waals surface area contributed by atoms with Crippen molar-refractivity contribution in [1.82, 2.24) is 0 Å². The van der Waals surface area contributed by atoms with Crippen LogP contribution in [0.4, 0.5) is 0 Å². The summed E-state index contributed by atoms with van der Waals surface area (Å²) in [5.74, 6) is 0. The van der Waals surface area contributed by atoms with E-state index in [9.17, 15) is 0 Å². The van der Waals surface area contributed by atoms with Gasteiger partial charge in [0, 0.05) is 0 Å². The Morgan fingerprint density at radius 1 is 0.414 bits per heavy atom. The van der Waals surface area contributed by atoms with Crippen molar-refractivity contribution < 1.29 is 0 Å². The third-order valence-corrected chi connectivity index (χ3v) is 33.4. The maximum absolute atomic E-state index is 2.49. The molecule has 4 atom stereocenters. The van der Waals surface area contributed by atoms with Crippen LogP contribution in [0.2, 0.25) is 6.86 Å². The van der Waals surface area contributed by atoms with Crippen LogP contribution in [0.5, 0.6) is 0 Å². The quantitative estimate of drug-likeness (QED) is 0.228. The first-order valence-corrected chi connectivity index (χ1v) is 21.0. The molecule has 0 saturated heterocycles. The summed E-state index contributed by atoms with van der Waals surface area (Å²) in [4.78, 5) is 0. The Morgan fingerprint density at radius 2 is 0.621 bits per heavy atom. The molecule has 0 aromatic heterocycles. The molecule has 2 radical (unpaired) electrons. The minimum absolute atomic E-state index is 0.0993. The second-order valence-corrected chi connectivity index (χ2v) is 39.7. The first kappa shape index (κ1) is 33.7. The third kappa shape index (κ3) is 20.8. The van der Waals surface area contributed by atoms with E-state index in [0.717, 1.165) is 16.5 Å². The molecule has 0 aromatic rings. The summed E-state index contributed by atoms with van der Waals surface area (Å²) in [5.41, 5.74) is 0. The van der Waals surface area contributed by atoms with Gasteiger partial charge >= 0.3 is 69.5 Å². The molecule has 0 aliphatic carbocycles. The van der Waals surface area contributed by atoms with Crippen LogP contribution < -0.4 is 0 Å². The Balaban J connectivity index is 0. The van der Waals surface area contributed by atoms with E-state index in [-0.39, 0.29) is 35.7 Å². The van der Waals surface area contributed by atoms with Gasteiger partial charge in [-0.05, 0) is 35.2 Å². The Morgan fingerprint density at radius 3 is 0.690 bits per heavy atom. The average molecular weight is 587 g/mol. The zero-order chi connectivity index (χ0) is 24.3. The van der Waals surface area contributed by atoms with E-state index >= 15 is 0 Å². The second kappa shape index (κ2) is 11.8. The van der Waals surface area contributed by atoms with E-state index in [2.05, 4.69) is 125 Å². The molecular weight excluding hydrogens is 531 g/mol. The molecular formula is C24H56P4Sn. The van der Waals surface area contributed by atoms with Crippen LogP contribution in [0, 0.1) is 0 Å². The summed E-state index contributed by atoms with van der Waals surface area (Å²) in [7, 11) is 2.45. The summed E-state index contributed by atoms with van der Waals surface area (Å²) < 4.78 is 1.31. The van der Waals surface area contributed by atoms with Gasteiger partial charge in [0.25, 0.3) is 0 Å². The van der Waals surface area contributed by atoms with Gasteiger partial charge in [0.1, 0.15) is 0 Å². The fourth-order valence-corrected chi connectivity index (χ4v) is 37.9.